The van der Waals surface area contributed by atoms with Gasteiger partial charge in [-0.1, -0.05) is 133 Å². The molecule has 6 heteroatoms. The van der Waals surface area contributed by atoms with Crippen LogP contribution in [0.3, 0.4) is 0 Å². The van der Waals surface area contributed by atoms with Crippen molar-refractivity contribution in [2.24, 2.45) is 0 Å². The van der Waals surface area contributed by atoms with E-state index < -0.39 is 0 Å². The monoisotopic (exact) mass is 960 g/mol. The van der Waals surface area contributed by atoms with E-state index >= 15 is 0 Å². The van der Waals surface area contributed by atoms with Gasteiger partial charge in [0, 0.05) is 62.5 Å². The summed E-state index contributed by atoms with van der Waals surface area (Å²) in [5.74, 6) is 0. The van der Waals surface area contributed by atoms with Crippen LogP contribution in [0.1, 0.15) is 46.6 Å². The highest BCUT2D eigenvalue weighted by Gasteiger charge is 2.43. The van der Waals surface area contributed by atoms with E-state index in [1.807, 2.05) is 0 Å². The van der Waals surface area contributed by atoms with E-state index in [1.54, 1.807) is 22.7 Å². The van der Waals surface area contributed by atoms with E-state index in [0.717, 1.165) is 59.8 Å². The maximum Gasteiger partial charge on any atom is 0.0809 e. The number of para-hydroxylation sites is 4. The number of ether oxygens (including phenoxy) is 2. The fourth-order valence-corrected chi connectivity index (χ4v) is 11.7. The van der Waals surface area contributed by atoms with E-state index in [1.165, 1.54) is 54.3 Å². The van der Waals surface area contributed by atoms with Crippen LogP contribution in [0.25, 0.3) is 33.4 Å². The molecule has 11 rings (SSSR count). The first-order valence-corrected chi connectivity index (χ1v) is 26.5. The second-order valence-corrected chi connectivity index (χ2v) is 20.2. The van der Waals surface area contributed by atoms with Gasteiger partial charge < -0.3 is 19.3 Å². The van der Waals surface area contributed by atoms with Gasteiger partial charge >= 0.3 is 0 Å². The number of anilines is 6. The highest BCUT2D eigenvalue weighted by Crippen LogP contribution is 2.55. The topological polar surface area (TPSA) is 24.9 Å². The first-order chi connectivity index (χ1) is 35.2. The average molecular weight is 961 g/mol. The molecule has 2 aromatic heterocycles. The molecule has 0 saturated heterocycles. The van der Waals surface area contributed by atoms with Gasteiger partial charge in [0.15, 0.2) is 0 Å². The minimum absolute atomic E-state index is 0.260. The quantitative estimate of drug-likeness (QED) is 0.0711. The lowest BCUT2D eigenvalue weighted by molar-refractivity contribution is 0.107. The summed E-state index contributed by atoms with van der Waals surface area (Å²) in [6, 6.07) is 83.6. The van der Waals surface area contributed by atoms with E-state index in [9.17, 15) is 0 Å². The third-order valence-electron chi connectivity index (χ3n) is 13.8. The lowest BCUT2D eigenvalue weighted by Gasteiger charge is -2.33. The summed E-state index contributed by atoms with van der Waals surface area (Å²) in [5.41, 5.74) is 16.8. The van der Waals surface area contributed by atoms with Crippen LogP contribution in [0.4, 0.5) is 34.1 Å². The number of nitrogens with zero attached hydrogens (tertiary/aromatic N) is 2. The Morgan fingerprint density at radius 1 is 0.338 bits per heavy atom. The molecule has 0 N–H and O–H groups in total. The molecule has 0 unspecified atom stereocenters. The maximum absolute atomic E-state index is 6.40. The summed E-state index contributed by atoms with van der Waals surface area (Å²) in [6.07, 6.45) is 3.78. The molecule has 0 radical (unpaired) electrons. The molecule has 0 bridgehead atoms. The van der Waals surface area contributed by atoms with Crippen molar-refractivity contribution in [3.05, 3.63) is 262 Å². The number of thiophene rings is 2. The summed E-state index contributed by atoms with van der Waals surface area (Å²) in [4.78, 5) is 7.17. The number of rotatable bonds is 20. The van der Waals surface area contributed by atoms with Crippen LogP contribution in [0.5, 0.6) is 0 Å². The summed E-state index contributed by atoms with van der Waals surface area (Å²) in [5, 5.41) is 4.25. The van der Waals surface area contributed by atoms with Crippen LogP contribution in [-0.2, 0) is 28.1 Å². The number of hydrogen-bond acceptors (Lipinski definition) is 6. The highest BCUT2D eigenvalue weighted by atomic mass is 32.1. The zero-order valence-corrected chi connectivity index (χ0v) is 41.4. The molecule has 71 heavy (non-hydrogen) atoms. The van der Waals surface area contributed by atoms with Crippen molar-refractivity contribution in [1.82, 2.24) is 0 Å². The third kappa shape index (κ3) is 10.2. The molecule has 8 aromatic carbocycles. The minimum atomic E-state index is -0.260. The minimum Gasteiger partial charge on any atom is -0.376 e. The predicted octanol–water partition coefficient (Wildman–Crippen LogP) is 18.3. The van der Waals surface area contributed by atoms with Crippen LogP contribution < -0.4 is 9.80 Å². The first-order valence-electron chi connectivity index (χ1n) is 24.7. The zero-order valence-electron chi connectivity index (χ0n) is 39.8. The molecule has 350 valence electrons. The summed E-state index contributed by atoms with van der Waals surface area (Å²) < 4.78 is 12.8. The summed E-state index contributed by atoms with van der Waals surface area (Å²) >= 11 is 3.51. The molecule has 2 heterocycles. The lowest BCUT2D eigenvalue weighted by Crippen LogP contribution is -2.27. The van der Waals surface area contributed by atoms with Crippen LogP contribution in [0.2, 0.25) is 0 Å². The number of hydrogen-bond donors (Lipinski definition) is 0. The Labute approximate surface area is 426 Å². The first kappa shape index (κ1) is 46.1. The van der Waals surface area contributed by atoms with E-state index in [0.29, 0.717) is 26.4 Å². The molecular weight excluding hydrogens is 905 g/mol. The number of fused-ring (bicyclic) bond motifs is 3. The second kappa shape index (κ2) is 21.8. The second-order valence-electron chi connectivity index (χ2n) is 18.2. The largest absolute Gasteiger partial charge is 0.376 e. The molecule has 1 aliphatic carbocycles. The van der Waals surface area contributed by atoms with Crippen molar-refractivity contribution < 1.29 is 9.47 Å². The van der Waals surface area contributed by atoms with E-state index in [4.69, 9.17) is 9.47 Å². The standard InChI is InChI=1S/C65H56N2O2S2/c1-5-17-53(18-6-1)66(54-19-7-2-8-20-54)57-33-27-49(28-34-57)51-31-37-61-62-38-32-52(50-29-35-58(36-30-50)67(55-21-9-3-10-22-55)56-23-11-4-12-24-56)46-64(62)65(63(61)45-51,39-15-41-68-47-59-25-13-43-70-59)40-16-42-69-48-60-26-14-44-71-60/h1-14,17-38,43-46H,15-16,39-42,47-48H2. The Balaban J connectivity index is 0.958. The van der Waals surface area contributed by atoms with Crippen LogP contribution >= 0.6 is 22.7 Å². The van der Waals surface area contributed by atoms with Crippen molar-refractivity contribution in [2.45, 2.75) is 44.3 Å². The predicted molar refractivity (Wildman–Crippen MR) is 299 cm³/mol. The number of benzene rings is 8. The third-order valence-corrected chi connectivity index (χ3v) is 15.5. The van der Waals surface area contributed by atoms with Crippen molar-refractivity contribution in [3.63, 3.8) is 0 Å². The van der Waals surface area contributed by atoms with Gasteiger partial charge in [0.25, 0.3) is 0 Å². The van der Waals surface area contributed by atoms with Gasteiger partial charge in [-0.25, -0.2) is 0 Å². The highest BCUT2D eigenvalue weighted by molar-refractivity contribution is 7.10. The molecule has 0 aliphatic heterocycles. The maximum atomic E-state index is 6.40. The van der Waals surface area contributed by atoms with Gasteiger partial charge in [0.05, 0.1) is 13.2 Å². The van der Waals surface area contributed by atoms with Gasteiger partial charge in [0.2, 0.25) is 0 Å². The Morgan fingerprint density at radius 2 is 0.676 bits per heavy atom. The zero-order chi connectivity index (χ0) is 47.7. The molecule has 0 amide bonds. The van der Waals surface area contributed by atoms with Crippen molar-refractivity contribution >= 4 is 56.8 Å². The Bertz CT molecular complexity index is 2930. The lowest BCUT2D eigenvalue weighted by atomic mass is 9.70. The van der Waals surface area contributed by atoms with E-state index in [-0.39, 0.29) is 5.41 Å². The fraction of sp³-hybridized carbons (Fsp3) is 0.138. The molecule has 0 atom stereocenters. The Morgan fingerprint density at radius 3 is 1.01 bits per heavy atom. The molecular formula is C65H56N2O2S2. The fourth-order valence-electron chi connectivity index (χ4n) is 10.4. The van der Waals surface area contributed by atoms with Gasteiger partial charge in [-0.05, 0) is 178 Å². The SMILES string of the molecule is c1ccc(N(c2ccccc2)c2ccc(-c3ccc4c(c3)C(CCCOCc3cccs3)(CCCOCc3cccs3)c3cc(-c5ccc(N(c6ccccc6)c6ccccc6)cc5)ccc3-4)cc2)cc1. The molecule has 0 fully saturated rings. The van der Waals surface area contributed by atoms with Crippen LogP contribution in [0.15, 0.2) is 241 Å². The van der Waals surface area contributed by atoms with Crippen LogP contribution in [-0.4, -0.2) is 13.2 Å². The molecule has 1 aliphatic rings. The average Bonchev–Trinajstić information content (AvgIpc) is 4.22. The van der Waals surface area contributed by atoms with Gasteiger partial charge in [-0.15, -0.1) is 22.7 Å². The molecule has 4 nitrogen and oxygen atoms in total. The summed E-state index contributed by atoms with van der Waals surface area (Å²) in [6.45, 7) is 2.68. The molecule has 10 aromatic rings. The van der Waals surface area contributed by atoms with Crippen molar-refractivity contribution in [1.29, 1.82) is 0 Å². The Hall–Kier alpha value is -7.32. The molecule has 0 saturated carbocycles. The van der Waals surface area contributed by atoms with Crippen LogP contribution in [0, 0.1) is 0 Å². The normalized spacial score (nSPS) is 12.3. The van der Waals surface area contributed by atoms with Crippen molar-refractivity contribution in [2.75, 3.05) is 23.0 Å². The summed E-state index contributed by atoms with van der Waals surface area (Å²) in [7, 11) is 0. The van der Waals surface area contributed by atoms with Gasteiger partial charge in [-0.2, -0.15) is 0 Å². The smallest absolute Gasteiger partial charge is 0.0809 e. The van der Waals surface area contributed by atoms with E-state index in [2.05, 4.69) is 251 Å². The van der Waals surface area contributed by atoms with Crippen molar-refractivity contribution in [3.8, 4) is 33.4 Å². The molecule has 0 spiro atoms. The van der Waals surface area contributed by atoms with Gasteiger partial charge in [0.1, 0.15) is 0 Å². The Kier molecular flexibility index (Phi) is 14.1. The van der Waals surface area contributed by atoms with Gasteiger partial charge in [-0.3, -0.25) is 0 Å².